The van der Waals surface area contributed by atoms with E-state index in [-0.39, 0.29) is 25.4 Å². The number of benzene rings is 1. The van der Waals surface area contributed by atoms with E-state index in [0.29, 0.717) is 6.07 Å². The van der Waals surface area contributed by atoms with E-state index in [1.807, 2.05) is 0 Å². The highest BCUT2D eigenvalue weighted by molar-refractivity contribution is 5.64. The van der Waals surface area contributed by atoms with E-state index in [2.05, 4.69) is 0 Å². The van der Waals surface area contributed by atoms with Gasteiger partial charge in [-0.05, 0) is 13.8 Å². The molecule has 0 bridgehead atoms. The maximum atomic E-state index is 13.7. The van der Waals surface area contributed by atoms with Gasteiger partial charge in [0.1, 0.15) is 11.5 Å². The van der Waals surface area contributed by atoms with Crippen LogP contribution in [0.5, 0.6) is 0 Å². The first kappa shape index (κ1) is 15.6. The van der Waals surface area contributed by atoms with Gasteiger partial charge >= 0.3 is 5.69 Å². The van der Waals surface area contributed by atoms with E-state index in [0.717, 1.165) is 6.07 Å². The van der Waals surface area contributed by atoms with Crippen LogP contribution in [-0.2, 0) is 4.74 Å². The molecule has 1 aliphatic heterocycles. The Morgan fingerprint density at radius 1 is 1.52 bits per heavy atom. The Morgan fingerprint density at radius 3 is 2.76 bits per heavy atom. The van der Waals surface area contributed by atoms with Crippen LogP contribution in [0, 0.1) is 21.7 Å². The fraction of sp³-hybridized carbons (Fsp3) is 0.538. The maximum Gasteiger partial charge on any atom is 0.328 e. The number of anilines is 1. The molecule has 0 saturated carbocycles. The quantitative estimate of drug-likeness (QED) is 0.681. The van der Waals surface area contributed by atoms with Gasteiger partial charge in [-0.3, -0.25) is 10.1 Å². The molecule has 2 rings (SSSR count). The van der Waals surface area contributed by atoms with Crippen molar-refractivity contribution in [2.45, 2.75) is 25.6 Å². The molecule has 8 heteroatoms. The van der Waals surface area contributed by atoms with E-state index in [1.54, 1.807) is 13.8 Å². The molecule has 1 aromatic rings. The number of hydrogen-bond donors (Lipinski definition) is 1. The zero-order valence-electron chi connectivity index (χ0n) is 11.7. The first-order chi connectivity index (χ1) is 9.73. The SMILES string of the molecule is CC1(C)CN(c2cc(F)cc(F)c2[N+](=O)[O-])CC(CO)O1. The lowest BCUT2D eigenvalue weighted by molar-refractivity contribution is -0.386. The summed E-state index contributed by atoms with van der Waals surface area (Å²) in [5.41, 5.74) is -1.62. The summed E-state index contributed by atoms with van der Waals surface area (Å²) in [5, 5.41) is 20.3. The van der Waals surface area contributed by atoms with Crippen LogP contribution in [0.4, 0.5) is 20.2 Å². The Balaban J connectivity index is 2.47. The Hall–Kier alpha value is -1.80. The lowest BCUT2D eigenvalue weighted by atomic mass is 10.0. The number of halogens is 2. The summed E-state index contributed by atoms with van der Waals surface area (Å²) in [4.78, 5) is 11.6. The van der Waals surface area contributed by atoms with Gasteiger partial charge in [-0.1, -0.05) is 0 Å². The highest BCUT2D eigenvalue weighted by atomic mass is 19.1. The predicted molar refractivity (Wildman–Crippen MR) is 71.3 cm³/mol. The molecule has 0 aromatic heterocycles. The summed E-state index contributed by atoms with van der Waals surface area (Å²) in [6.45, 7) is 3.52. The van der Waals surface area contributed by atoms with Gasteiger partial charge in [-0.25, -0.2) is 4.39 Å². The molecule has 1 N–H and O–H groups in total. The molecule has 1 aromatic carbocycles. The van der Waals surface area contributed by atoms with E-state index in [4.69, 9.17) is 4.74 Å². The molecule has 0 amide bonds. The molecule has 1 aliphatic rings. The average Bonchev–Trinajstić information content (AvgIpc) is 2.35. The molecular weight excluding hydrogens is 286 g/mol. The minimum atomic E-state index is -1.22. The standard InChI is InChI=1S/C13H16F2N2O4/c1-13(2)7-16(5-9(6-18)21-13)11-4-8(14)3-10(15)12(11)17(19)20/h3-4,9,18H,5-7H2,1-2H3. The smallest absolute Gasteiger partial charge is 0.328 e. The average molecular weight is 302 g/mol. The fourth-order valence-corrected chi connectivity index (χ4v) is 2.55. The minimum Gasteiger partial charge on any atom is -0.394 e. The summed E-state index contributed by atoms with van der Waals surface area (Å²) in [5.74, 6) is -2.11. The summed E-state index contributed by atoms with van der Waals surface area (Å²) in [6.07, 6.45) is -0.584. The number of morpholine rings is 1. The molecule has 0 radical (unpaired) electrons. The topological polar surface area (TPSA) is 75.8 Å². The molecule has 1 saturated heterocycles. The van der Waals surface area contributed by atoms with E-state index in [9.17, 15) is 24.0 Å². The van der Waals surface area contributed by atoms with Gasteiger partial charge in [-0.2, -0.15) is 4.39 Å². The Bertz CT molecular complexity index is 565. The van der Waals surface area contributed by atoms with Crippen molar-refractivity contribution in [3.63, 3.8) is 0 Å². The maximum absolute atomic E-state index is 13.7. The van der Waals surface area contributed by atoms with Gasteiger partial charge in [0.25, 0.3) is 0 Å². The van der Waals surface area contributed by atoms with Crippen LogP contribution < -0.4 is 4.90 Å². The lowest BCUT2D eigenvalue weighted by Crippen LogP contribution is -2.54. The third kappa shape index (κ3) is 3.27. The summed E-state index contributed by atoms with van der Waals surface area (Å²) < 4.78 is 32.7. The highest BCUT2D eigenvalue weighted by Gasteiger charge is 2.36. The molecule has 1 unspecified atom stereocenters. The van der Waals surface area contributed by atoms with E-state index >= 15 is 0 Å². The number of rotatable bonds is 3. The van der Waals surface area contributed by atoms with Crippen molar-refractivity contribution >= 4 is 11.4 Å². The van der Waals surface area contributed by atoms with Crippen molar-refractivity contribution in [3.05, 3.63) is 33.9 Å². The summed E-state index contributed by atoms with van der Waals surface area (Å²) in [6, 6.07) is 1.41. The van der Waals surface area contributed by atoms with Crippen molar-refractivity contribution in [3.8, 4) is 0 Å². The van der Waals surface area contributed by atoms with Crippen LogP contribution in [0.25, 0.3) is 0 Å². The van der Waals surface area contributed by atoms with Crippen molar-refractivity contribution in [2.75, 3.05) is 24.6 Å². The normalized spacial score (nSPS) is 21.4. The Kier molecular flexibility index (Phi) is 4.11. The zero-order chi connectivity index (χ0) is 15.8. The number of nitro benzene ring substituents is 1. The Morgan fingerprint density at radius 2 is 2.19 bits per heavy atom. The van der Waals surface area contributed by atoms with E-state index < -0.39 is 34.0 Å². The van der Waals surface area contributed by atoms with Crippen molar-refractivity contribution in [1.82, 2.24) is 0 Å². The molecule has 0 spiro atoms. The van der Waals surface area contributed by atoms with Crippen molar-refractivity contribution in [2.24, 2.45) is 0 Å². The third-order valence-corrected chi connectivity index (χ3v) is 3.22. The van der Waals surface area contributed by atoms with Crippen LogP contribution in [0.3, 0.4) is 0 Å². The van der Waals surface area contributed by atoms with Gasteiger partial charge in [0, 0.05) is 25.2 Å². The van der Waals surface area contributed by atoms with Crippen LogP contribution >= 0.6 is 0 Å². The van der Waals surface area contributed by atoms with E-state index in [1.165, 1.54) is 4.90 Å². The van der Waals surface area contributed by atoms with Gasteiger partial charge in [0.15, 0.2) is 0 Å². The molecule has 1 atom stereocenters. The van der Waals surface area contributed by atoms with Crippen LogP contribution in [0.2, 0.25) is 0 Å². The van der Waals surface area contributed by atoms with Gasteiger partial charge in [0.05, 0.1) is 23.2 Å². The Labute approximate surface area is 120 Å². The first-order valence-corrected chi connectivity index (χ1v) is 6.40. The third-order valence-electron chi connectivity index (χ3n) is 3.22. The van der Waals surface area contributed by atoms with Gasteiger partial charge < -0.3 is 14.7 Å². The largest absolute Gasteiger partial charge is 0.394 e. The number of aliphatic hydroxyl groups excluding tert-OH is 1. The summed E-state index contributed by atoms with van der Waals surface area (Å²) >= 11 is 0. The molecule has 21 heavy (non-hydrogen) atoms. The van der Waals surface area contributed by atoms with Gasteiger partial charge in [0.2, 0.25) is 5.82 Å². The number of nitro groups is 1. The van der Waals surface area contributed by atoms with Crippen LogP contribution in [-0.4, -0.2) is 41.4 Å². The number of hydrogen-bond acceptors (Lipinski definition) is 5. The molecule has 116 valence electrons. The van der Waals surface area contributed by atoms with Gasteiger partial charge in [-0.15, -0.1) is 0 Å². The fourth-order valence-electron chi connectivity index (χ4n) is 2.55. The number of aliphatic hydroxyl groups is 1. The molecule has 0 aliphatic carbocycles. The minimum absolute atomic E-state index is 0.115. The number of ether oxygens (including phenoxy) is 1. The second-order valence-electron chi connectivity index (χ2n) is 5.58. The van der Waals surface area contributed by atoms with Crippen LogP contribution in [0.15, 0.2) is 12.1 Å². The van der Waals surface area contributed by atoms with Crippen molar-refractivity contribution in [1.29, 1.82) is 0 Å². The monoisotopic (exact) mass is 302 g/mol. The molecule has 1 fully saturated rings. The molecular formula is C13H16F2N2O4. The second-order valence-corrected chi connectivity index (χ2v) is 5.58. The summed E-state index contributed by atoms with van der Waals surface area (Å²) in [7, 11) is 0. The van der Waals surface area contributed by atoms with Crippen molar-refractivity contribution < 1.29 is 23.5 Å². The number of nitrogens with zero attached hydrogens (tertiary/aromatic N) is 2. The predicted octanol–water partition coefficient (Wildman–Crippen LogP) is 1.85. The lowest BCUT2D eigenvalue weighted by Gasteiger charge is -2.43. The molecule has 6 nitrogen and oxygen atoms in total. The zero-order valence-corrected chi connectivity index (χ0v) is 11.7. The first-order valence-electron chi connectivity index (χ1n) is 6.40. The second kappa shape index (κ2) is 5.53. The molecule has 1 heterocycles. The van der Waals surface area contributed by atoms with Crippen LogP contribution in [0.1, 0.15) is 13.8 Å². The highest BCUT2D eigenvalue weighted by Crippen LogP contribution is 2.35.